The Labute approximate surface area is 99.4 Å². The summed E-state index contributed by atoms with van der Waals surface area (Å²) in [4.78, 5) is 0. The average molecular weight is 241 g/mol. The molecule has 2 atom stereocenters. The lowest BCUT2D eigenvalue weighted by Crippen LogP contribution is -2.27. The molecule has 0 saturated heterocycles. The number of nitrogens with one attached hydrogen (secondary N) is 1. The van der Waals surface area contributed by atoms with Gasteiger partial charge in [0.25, 0.3) is 0 Å². The third-order valence-electron chi connectivity index (χ3n) is 2.25. The molecule has 0 aliphatic heterocycles. The van der Waals surface area contributed by atoms with Gasteiger partial charge in [-0.2, -0.15) is 0 Å². The van der Waals surface area contributed by atoms with Gasteiger partial charge in [-0.1, -0.05) is 6.08 Å². The van der Waals surface area contributed by atoms with Crippen LogP contribution in [0.4, 0.5) is 0 Å². The largest absolute Gasteiger partial charge is 0.465 e. The molecule has 0 aliphatic carbocycles. The molecule has 3 nitrogen and oxygen atoms in total. The average Bonchev–Trinajstić information content (AvgIpc) is 2.74. The molecule has 16 heavy (non-hydrogen) atoms. The molecule has 1 N–H and O–H groups in total. The maximum absolute atomic E-state index is 10.9. The highest BCUT2D eigenvalue weighted by Gasteiger charge is 2.00. The van der Waals surface area contributed by atoms with Gasteiger partial charge in [-0.3, -0.25) is 4.21 Å². The van der Waals surface area contributed by atoms with Crippen LogP contribution < -0.4 is 5.32 Å². The lowest BCUT2D eigenvalue weighted by molar-refractivity contribution is 0.554. The fourth-order valence-corrected chi connectivity index (χ4v) is 1.96. The van der Waals surface area contributed by atoms with E-state index in [1.165, 1.54) is 0 Å². The maximum atomic E-state index is 10.9. The van der Waals surface area contributed by atoms with Crippen molar-refractivity contribution in [2.45, 2.75) is 19.4 Å². The summed E-state index contributed by atoms with van der Waals surface area (Å²) in [5.41, 5.74) is 0. The Morgan fingerprint density at radius 1 is 1.62 bits per heavy atom. The summed E-state index contributed by atoms with van der Waals surface area (Å²) in [6.07, 6.45) is 8.31. The molecule has 0 aliphatic rings. The van der Waals surface area contributed by atoms with Gasteiger partial charge in [0, 0.05) is 35.4 Å². The summed E-state index contributed by atoms with van der Waals surface area (Å²) in [5, 5.41) is 3.34. The zero-order valence-corrected chi connectivity index (χ0v) is 10.6. The van der Waals surface area contributed by atoms with Gasteiger partial charge in [0.15, 0.2) is 0 Å². The van der Waals surface area contributed by atoms with Crippen LogP contribution in [0, 0.1) is 0 Å². The predicted octanol–water partition coefficient (Wildman–Crippen LogP) is 2.04. The van der Waals surface area contributed by atoms with E-state index in [0.717, 1.165) is 24.5 Å². The molecule has 0 amide bonds. The maximum Gasteiger partial charge on any atom is 0.126 e. The van der Waals surface area contributed by atoms with Gasteiger partial charge in [0.2, 0.25) is 0 Å². The van der Waals surface area contributed by atoms with Crippen LogP contribution >= 0.6 is 0 Å². The molecule has 1 rings (SSSR count). The summed E-state index contributed by atoms with van der Waals surface area (Å²) < 4.78 is 16.1. The zero-order chi connectivity index (χ0) is 11.8. The van der Waals surface area contributed by atoms with Crippen molar-refractivity contribution in [2.75, 3.05) is 18.6 Å². The van der Waals surface area contributed by atoms with Gasteiger partial charge in [0.1, 0.15) is 5.76 Å². The molecule has 0 fully saturated rings. The summed E-state index contributed by atoms with van der Waals surface area (Å²) in [5.74, 6) is 1.62. The van der Waals surface area contributed by atoms with E-state index in [1.54, 1.807) is 12.5 Å². The molecular weight excluding hydrogens is 222 g/mol. The van der Waals surface area contributed by atoms with Gasteiger partial charge >= 0.3 is 0 Å². The first-order valence-electron chi connectivity index (χ1n) is 5.42. The van der Waals surface area contributed by atoms with E-state index in [4.69, 9.17) is 4.42 Å². The number of furan rings is 1. The first-order chi connectivity index (χ1) is 7.68. The van der Waals surface area contributed by atoms with Crippen molar-refractivity contribution >= 4 is 16.9 Å². The second kappa shape index (κ2) is 7.41. The Bertz CT molecular complexity index is 333. The lowest BCUT2D eigenvalue weighted by atomic mass is 10.2. The van der Waals surface area contributed by atoms with Gasteiger partial charge in [-0.05, 0) is 31.6 Å². The fraction of sp³-hybridized carbons (Fsp3) is 0.500. The molecule has 1 aromatic rings. The highest BCUT2D eigenvalue weighted by molar-refractivity contribution is 7.84. The van der Waals surface area contributed by atoms with Crippen LogP contribution in [0.2, 0.25) is 0 Å². The summed E-state index contributed by atoms with van der Waals surface area (Å²) >= 11 is 0. The van der Waals surface area contributed by atoms with Crippen molar-refractivity contribution in [3.05, 3.63) is 30.2 Å². The van der Waals surface area contributed by atoms with Crippen molar-refractivity contribution in [3.63, 3.8) is 0 Å². The summed E-state index contributed by atoms with van der Waals surface area (Å²) in [6, 6.07) is 4.18. The third kappa shape index (κ3) is 5.88. The smallest absolute Gasteiger partial charge is 0.126 e. The van der Waals surface area contributed by atoms with Gasteiger partial charge < -0.3 is 9.73 Å². The topological polar surface area (TPSA) is 42.2 Å². The van der Waals surface area contributed by atoms with Crippen LogP contribution in [0.1, 0.15) is 19.1 Å². The monoisotopic (exact) mass is 241 g/mol. The standard InChI is InChI=1S/C12H19NO2S/c1-11(7-10-16(2)14)13-8-3-5-12-6-4-9-15-12/h3-6,9,11,13H,7-8,10H2,1-2H3/b5-3+. The third-order valence-corrected chi connectivity index (χ3v) is 3.06. The molecule has 0 radical (unpaired) electrons. The van der Waals surface area contributed by atoms with Crippen LogP contribution in [0.15, 0.2) is 28.9 Å². The van der Waals surface area contributed by atoms with Crippen LogP contribution in [0.3, 0.4) is 0 Å². The number of rotatable bonds is 7. The van der Waals surface area contributed by atoms with Gasteiger partial charge in [0.05, 0.1) is 6.26 Å². The fourth-order valence-electron chi connectivity index (χ4n) is 1.28. The molecule has 1 heterocycles. The molecule has 90 valence electrons. The minimum absolute atomic E-state index is 0.394. The second-order valence-corrected chi connectivity index (χ2v) is 5.35. The van der Waals surface area contributed by atoms with Crippen LogP contribution in [-0.2, 0) is 10.8 Å². The normalized spacial score (nSPS) is 15.4. The van der Waals surface area contributed by atoms with Crippen LogP contribution in [-0.4, -0.2) is 28.8 Å². The molecular formula is C12H19NO2S. The molecule has 2 unspecified atom stereocenters. The molecule has 0 saturated carbocycles. The van der Waals surface area contributed by atoms with Crippen molar-refractivity contribution in [1.29, 1.82) is 0 Å². The Hall–Kier alpha value is -0.870. The minimum Gasteiger partial charge on any atom is -0.465 e. The second-order valence-electron chi connectivity index (χ2n) is 3.79. The summed E-state index contributed by atoms with van der Waals surface area (Å²) in [7, 11) is -0.691. The van der Waals surface area contributed by atoms with Crippen molar-refractivity contribution in [1.82, 2.24) is 5.32 Å². The first-order valence-corrected chi connectivity index (χ1v) is 7.14. The lowest BCUT2D eigenvalue weighted by Gasteiger charge is -2.10. The number of hydrogen-bond acceptors (Lipinski definition) is 3. The van der Waals surface area contributed by atoms with E-state index in [1.807, 2.05) is 24.3 Å². The first kappa shape index (κ1) is 13.2. The van der Waals surface area contributed by atoms with E-state index < -0.39 is 10.8 Å². The Kier molecular flexibility index (Phi) is 6.11. The molecule has 1 aromatic heterocycles. The van der Waals surface area contributed by atoms with E-state index in [-0.39, 0.29) is 0 Å². The Morgan fingerprint density at radius 3 is 3.06 bits per heavy atom. The van der Waals surface area contributed by atoms with E-state index in [0.29, 0.717) is 6.04 Å². The van der Waals surface area contributed by atoms with Gasteiger partial charge in [-0.15, -0.1) is 0 Å². The Morgan fingerprint density at radius 2 is 2.44 bits per heavy atom. The van der Waals surface area contributed by atoms with Crippen LogP contribution in [0.25, 0.3) is 6.08 Å². The molecule has 0 aromatic carbocycles. The zero-order valence-electron chi connectivity index (χ0n) is 9.81. The van der Waals surface area contributed by atoms with E-state index in [2.05, 4.69) is 12.2 Å². The quantitative estimate of drug-likeness (QED) is 0.794. The number of hydrogen-bond donors (Lipinski definition) is 1. The highest BCUT2D eigenvalue weighted by Crippen LogP contribution is 2.01. The predicted molar refractivity (Wildman–Crippen MR) is 68.8 cm³/mol. The molecule has 4 heteroatoms. The van der Waals surface area contributed by atoms with Crippen molar-refractivity contribution in [3.8, 4) is 0 Å². The minimum atomic E-state index is -0.691. The highest BCUT2D eigenvalue weighted by atomic mass is 32.2. The van der Waals surface area contributed by atoms with E-state index in [9.17, 15) is 4.21 Å². The van der Waals surface area contributed by atoms with Crippen molar-refractivity contribution < 1.29 is 8.63 Å². The van der Waals surface area contributed by atoms with Crippen molar-refractivity contribution in [2.24, 2.45) is 0 Å². The Balaban J connectivity index is 2.12. The molecule has 0 spiro atoms. The summed E-state index contributed by atoms with van der Waals surface area (Å²) in [6.45, 7) is 2.91. The van der Waals surface area contributed by atoms with Crippen LogP contribution in [0.5, 0.6) is 0 Å². The van der Waals surface area contributed by atoms with Gasteiger partial charge in [-0.25, -0.2) is 0 Å². The molecule has 0 bridgehead atoms. The van der Waals surface area contributed by atoms with E-state index >= 15 is 0 Å². The SMILES string of the molecule is CC(CCS(C)=O)NC/C=C/c1ccco1.